The van der Waals surface area contributed by atoms with E-state index in [4.69, 9.17) is 9.15 Å². The molecule has 1 aromatic heterocycles. The van der Waals surface area contributed by atoms with Crippen LogP contribution < -0.4 is 4.74 Å². The number of aryl methyl sites for hydroxylation is 2. The third-order valence-corrected chi connectivity index (χ3v) is 5.22. The Bertz CT molecular complexity index is 972. The minimum Gasteiger partial charge on any atom is -0.484 e. The number of hydrogen-bond donors (Lipinski definition) is 0. The summed E-state index contributed by atoms with van der Waals surface area (Å²) in [5.74, 6) is 1.80. The highest BCUT2D eigenvalue weighted by Crippen LogP contribution is 2.33. The van der Waals surface area contributed by atoms with Gasteiger partial charge in [-0.1, -0.05) is 53.7 Å². The molecule has 0 saturated heterocycles. The van der Waals surface area contributed by atoms with E-state index in [1.807, 2.05) is 12.1 Å². The lowest BCUT2D eigenvalue weighted by Gasteiger charge is -2.25. The van der Waals surface area contributed by atoms with E-state index >= 15 is 0 Å². The van der Waals surface area contributed by atoms with Crippen LogP contribution in [0.25, 0.3) is 11.5 Å². The largest absolute Gasteiger partial charge is 0.484 e. The standard InChI is InChI=1S/C25H32N2O2/c1-16-9-10-21(11-17(16)2)28-15-22-26-27-23(29-22)18-12-19(24(3,4)5)14-20(13-18)25(6,7)8/h9-14H,15H2,1-8H3. The fourth-order valence-electron chi connectivity index (χ4n) is 2.99. The number of hydrogen-bond acceptors (Lipinski definition) is 4. The van der Waals surface area contributed by atoms with Gasteiger partial charge in [0.2, 0.25) is 5.89 Å². The molecule has 4 heteroatoms. The first kappa shape index (κ1) is 21.1. The Morgan fingerprint density at radius 3 is 1.97 bits per heavy atom. The van der Waals surface area contributed by atoms with Crippen LogP contribution in [0.2, 0.25) is 0 Å². The molecule has 0 aliphatic heterocycles. The van der Waals surface area contributed by atoms with Gasteiger partial charge < -0.3 is 9.15 Å². The fraction of sp³-hybridized carbons (Fsp3) is 0.440. The Morgan fingerprint density at radius 2 is 1.41 bits per heavy atom. The van der Waals surface area contributed by atoms with Crippen LogP contribution in [0.1, 0.15) is 69.7 Å². The van der Waals surface area contributed by atoms with Crippen molar-refractivity contribution in [2.24, 2.45) is 0 Å². The van der Waals surface area contributed by atoms with Crippen molar-refractivity contribution in [1.82, 2.24) is 10.2 Å². The molecular formula is C25H32N2O2. The van der Waals surface area contributed by atoms with Crippen molar-refractivity contribution in [3.8, 4) is 17.2 Å². The van der Waals surface area contributed by atoms with Crippen molar-refractivity contribution < 1.29 is 9.15 Å². The molecule has 0 saturated carbocycles. The lowest BCUT2D eigenvalue weighted by Crippen LogP contribution is -2.16. The minimum absolute atomic E-state index is 0.0330. The SMILES string of the molecule is Cc1ccc(OCc2nnc(-c3cc(C(C)(C)C)cc(C(C)(C)C)c3)o2)cc1C. The average Bonchev–Trinajstić information content (AvgIpc) is 3.10. The zero-order valence-electron chi connectivity index (χ0n) is 18.9. The van der Waals surface area contributed by atoms with Gasteiger partial charge >= 0.3 is 0 Å². The predicted molar refractivity (Wildman–Crippen MR) is 117 cm³/mol. The van der Waals surface area contributed by atoms with Crippen molar-refractivity contribution in [2.45, 2.75) is 72.8 Å². The first-order chi connectivity index (χ1) is 13.4. The van der Waals surface area contributed by atoms with Crippen LogP contribution >= 0.6 is 0 Å². The minimum atomic E-state index is 0.0330. The van der Waals surface area contributed by atoms with Crippen molar-refractivity contribution in [1.29, 1.82) is 0 Å². The van der Waals surface area contributed by atoms with Crippen LogP contribution in [0, 0.1) is 13.8 Å². The van der Waals surface area contributed by atoms with Gasteiger partial charge in [0.05, 0.1) is 0 Å². The maximum absolute atomic E-state index is 5.93. The van der Waals surface area contributed by atoms with Gasteiger partial charge in [0.25, 0.3) is 5.89 Å². The van der Waals surface area contributed by atoms with E-state index in [0.29, 0.717) is 11.8 Å². The van der Waals surface area contributed by atoms with E-state index in [2.05, 4.69) is 89.9 Å². The molecule has 0 aliphatic carbocycles. The van der Waals surface area contributed by atoms with Gasteiger partial charge in [-0.25, -0.2) is 0 Å². The fourth-order valence-corrected chi connectivity index (χ4v) is 2.99. The van der Waals surface area contributed by atoms with Crippen molar-refractivity contribution in [3.05, 3.63) is 64.5 Å². The topological polar surface area (TPSA) is 48.2 Å². The summed E-state index contributed by atoms with van der Waals surface area (Å²) in [6, 6.07) is 12.6. The normalized spacial score (nSPS) is 12.3. The van der Waals surface area contributed by atoms with Crippen LogP contribution in [0.3, 0.4) is 0 Å². The monoisotopic (exact) mass is 392 g/mol. The zero-order chi connectivity index (χ0) is 21.4. The second kappa shape index (κ2) is 7.66. The van der Waals surface area contributed by atoms with Crippen molar-refractivity contribution in [2.75, 3.05) is 0 Å². The molecule has 0 spiro atoms. The Morgan fingerprint density at radius 1 is 0.793 bits per heavy atom. The quantitative estimate of drug-likeness (QED) is 0.506. The molecular weight excluding hydrogens is 360 g/mol. The summed E-state index contributed by atoms with van der Waals surface area (Å²) < 4.78 is 11.8. The van der Waals surface area contributed by atoms with Crippen molar-refractivity contribution in [3.63, 3.8) is 0 Å². The van der Waals surface area contributed by atoms with Gasteiger partial charge in [-0.05, 0) is 71.2 Å². The molecule has 3 aromatic rings. The highest BCUT2D eigenvalue weighted by atomic mass is 16.5. The molecule has 29 heavy (non-hydrogen) atoms. The molecule has 0 amide bonds. The lowest BCUT2D eigenvalue weighted by molar-refractivity contribution is 0.264. The molecule has 2 aromatic carbocycles. The van der Waals surface area contributed by atoms with E-state index < -0.39 is 0 Å². The van der Waals surface area contributed by atoms with E-state index in [9.17, 15) is 0 Å². The maximum Gasteiger partial charge on any atom is 0.254 e. The van der Waals surface area contributed by atoms with E-state index in [-0.39, 0.29) is 17.4 Å². The third-order valence-electron chi connectivity index (χ3n) is 5.22. The van der Waals surface area contributed by atoms with Gasteiger partial charge in [-0.15, -0.1) is 10.2 Å². The number of benzene rings is 2. The Labute approximate surface area is 174 Å². The molecule has 3 rings (SSSR count). The van der Waals surface area contributed by atoms with Gasteiger partial charge in [0.15, 0.2) is 6.61 Å². The molecule has 1 heterocycles. The van der Waals surface area contributed by atoms with Crippen LogP contribution in [-0.4, -0.2) is 10.2 Å². The molecule has 0 fully saturated rings. The Hall–Kier alpha value is -2.62. The summed E-state index contributed by atoms with van der Waals surface area (Å²) in [5, 5.41) is 8.47. The molecule has 0 unspecified atom stereocenters. The summed E-state index contributed by atoms with van der Waals surface area (Å²) in [6.07, 6.45) is 0. The lowest BCUT2D eigenvalue weighted by atomic mass is 9.79. The van der Waals surface area contributed by atoms with Crippen LogP contribution in [-0.2, 0) is 17.4 Å². The van der Waals surface area contributed by atoms with Crippen LogP contribution in [0.5, 0.6) is 5.75 Å². The van der Waals surface area contributed by atoms with Crippen LogP contribution in [0.4, 0.5) is 0 Å². The average molecular weight is 393 g/mol. The first-order valence-corrected chi connectivity index (χ1v) is 10.1. The first-order valence-electron chi connectivity index (χ1n) is 10.1. The number of ether oxygens (including phenoxy) is 1. The summed E-state index contributed by atoms with van der Waals surface area (Å²) >= 11 is 0. The molecule has 0 bridgehead atoms. The summed E-state index contributed by atoms with van der Waals surface area (Å²) in [7, 11) is 0. The predicted octanol–water partition coefficient (Wildman–Crippen LogP) is 6.53. The van der Waals surface area contributed by atoms with E-state index in [1.165, 1.54) is 22.3 Å². The third kappa shape index (κ3) is 5.06. The smallest absolute Gasteiger partial charge is 0.254 e. The summed E-state index contributed by atoms with van der Waals surface area (Å²) in [4.78, 5) is 0. The maximum atomic E-state index is 5.93. The second-order valence-corrected chi connectivity index (χ2v) is 9.83. The Balaban J connectivity index is 1.86. The molecule has 0 radical (unpaired) electrons. The number of nitrogens with zero attached hydrogens (tertiary/aromatic N) is 2. The molecule has 4 nitrogen and oxygen atoms in total. The highest BCUT2D eigenvalue weighted by molar-refractivity contribution is 5.57. The van der Waals surface area contributed by atoms with E-state index in [1.54, 1.807) is 0 Å². The van der Waals surface area contributed by atoms with Gasteiger partial charge in [-0.2, -0.15) is 0 Å². The molecule has 154 valence electrons. The van der Waals surface area contributed by atoms with Gasteiger partial charge in [0, 0.05) is 5.56 Å². The van der Waals surface area contributed by atoms with Crippen LogP contribution in [0.15, 0.2) is 40.8 Å². The highest BCUT2D eigenvalue weighted by Gasteiger charge is 2.22. The van der Waals surface area contributed by atoms with Crippen molar-refractivity contribution >= 4 is 0 Å². The summed E-state index contributed by atoms with van der Waals surface area (Å²) in [5.41, 5.74) is 5.97. The molecule has 0 N–H and O–H groups in total. The zero-order valence-corrected chi connectivity index (χ0v) is 18.9. The Kier molecular flexibility index (Phi) is 5.57. The molecule has 0 aliphatic rings. The molecule has 0 atom stereocenters. The second-order valence-electron chi connectivity index (χ2n) is 9.83. The number of aromatic nitrogens is 2. The summed E-state index contributed by atoms with van der Waals surface area (Å²) in [6.45, 7) is 17.7. The number of rotatable bonds is 4. The van der Waals surface area contributed by atoms with E-state index in [0.717, 1.165) is 11.3 Å². The van der Waals surface area contributed by atoms with Gasteiger partial charge in [0.1, 0.15) is 5.75 Å². The van der Waals surface area contributed by atoms with Gasteiger partial charge in [-0.3, -0.25) is 0 Å².